The van der Waals surface area contributed by atoms with Crippen LogP contribution in [0.15, 0.2) is 24.3 Å². The number of benzene rings is 1. The van der Waals surface area contributed by atoms with Crippen LogP contribution in [0.4, 0.5) is 0 Å². The van der Waals surface area contributed by atoms with Gasteiger partial charge in [-0.25, -0.2) is 0 Å². The highest BCUT2D eigenvalue weighted by atomic mass is 16.5. The van der Waals surface area contributed by atoms with Crippen molar-refractivity contribution in [2.45, 2.75) is 38.0 Å². The van der Waals surface area contributed by atoms with Gasteiger partial charge in [0.25, 0.3) is 0 Å². The molecule has 2 aliphatic carbocycles. The van der Waals surface area contributed by atoms with Gasteiger partial charge in [0.1, 0.15) is 0 Å². The molecule has 1 aromatic carbocycles. The second-order valence-electron chi connectivity index (χ2n) is 6.67. The van der Waals surface area contributed by atoms with Crippen molar-refractivity contribution in [1.29, 1.82) is 0 Å². The van der Waals surface area contributed by atoms with Crippen molar-refractivity contribution in [3.05, 3.63) is 35.4 Å². The maximum absolute atomic E-state index is 5.12. The van der Waals surface area contributed by atoms with Crippen molar-refractivity contribution in [1.82, 2.24) is 5.32 Å². The van der Waals surface area contributed by atoms with Gasteiger partial charge in [0.2, 0.25) is 0 Å². The minimum Gasteiger partial charge on any atom is -0.383 e. The molecule has 1 aromatic rings. The molecule has 0 aliphatic heterocycles. The molecule has 0 aromatic heterocycles. The predicted octanol–water partition coefficient (Wildman–Crippen LogP) is 3.04. The third-order valence-corrected chi connectivity index (χ3v) is 4.99. The van der Waals surface area contributed by atoms with Crippen LogP contribution in [-0.4, -0.2) is 26.8 Å². The normalized spacial score (nSPS) is 22.2. The third-order valence-electron chi connectivity index (χ3n) is 4.99. The molecule has 0 radical (unpaired) electrons. The van der Waals surface area contributed by atoms with Gasteiger partial charge in [-0.15, -0.1) is 0 Å². The van der Waals surface area contributed by atoms with Gasteiger partial charge in [0.05, 0.1) is 6.61 Å². The summed E-state index contributed by atoms with van der Waals surface area (Å²) in [6.45, 7) is 5.02. The van der Waals surface area contributed by atoms with E-state index in [2.05, 4.69) is 36.5 Å². The highest BCUT2D eigenvalue weighted by molar-refractivity contribution is 5.35. The molecule has 0 saturated heterocycles. The van der Waals surface area contributed by atoms with Gasteiger partial charge < -0.3 is 10.1 Å². The highest BCUT2D eigenvalue weighted by Crippen LogP contribution is 2.68. The fourth-order valence-corrected chi connectivity index (χ4v) is 3.75. The third kappa shape index (κ3) is 2.56. The first-order valence-electron chi connectivity index (χ1n) is 7.45. The van der Waals surface area contributed by atoms with Crippen molar-refractivity contribution in [3.8, 4) is 0 Å². The summed E-state index contributed by atoms with van der Waals surface area (Å²) in [5.41, 5.74) is 4.00. The van der Waals surface area contributed by atoms with Gasteiger partial charge in [0.15, 0.2) is 0 Å². The van der Waals surface area contributed by atoms with E-state index in [0.29, 0.717) is 5.41 Å². The van der Waals surface area contributed by atoms with Crippen LogP contribution >= 0.6 is 0 Å². The number of nitrogens with one attached hydrogen (secondary N) is 1. The van der Waals surface area contributed by atoms with Crippen molar-refractivity contribution < 1.29 is 4.74 Å². The van der Waals surface area contributed by atoms with Crippen molar-refractivity contribution >= 4 is 0 Å². The van der Waals surface area contributed by atoms with Crippen LogP contribution in [0.1, 0.15) is 36.8 Å². The summed E-state index contributed by atoms with van der Waals surface area (Å²) in [5, 5.41) is 3.58. The van der Waals surface area contributed by atoms with Gasteiger partial charge in [-0.05, 0) is 43.6 Å². The van der Waals surface area contributed by atoms with Crippen LogP contribution in [-0.2, 0) is 10.2 Å². The topological polar surface area (TPSA) is 21.3 Å². The van der Waals surface area contributed by atoms with Crippen LogP contribution in [0.5, 0.6) is 0 Å². The molecular weight excluding hydrogens is 234 g/mol. The molecule has 2 saturated carbocycles. The lowest BCUT2D eigenvalue weighted by Gasteiger charge is -2.49. The molecule has 3 rings (SSSR count). The Morgan fingerprint density at radius 3 is 2.42 bits per heavy atom. The summed E-state index contributed by atoms with van der Waals surface area (Å²) < 4.78 is 5.12. The van der Waals surface area contributed by atoms with E-state index in [1.807, 2.05) is 0 Å². The molecule has 2 aliphatic rings. The fourth-order valence-electron chi connectivity index (χ4n) is 3.75. The highest BCUT2D eigenvalue weighted by Gasteiger charge is 2.60. The Bertz CT molecular complexity index is 425. The average Bonchev–Trinajstić information content (AvgIpc) is 3.14. The molecule has 1 spiro atoms. The Balaban J connectivity index is 1.68. The molecule has 0 amide bonds. The molecular formula is C17H25NO. The Labute approximate surface area is 116 Å². The van der Waals surface area contributed by atoms with Crippen LogP contribution < -0.4 is 5.32 Å². The lowest BCUT2D eigenvalue weighted by Crippen LogP contribution is -2.50. The number of aryl methyl sites for hydroxylation is 1. The monoisotopic (exact) mass is 259 g/mol. The minimum absolute atomic E-state index is 0.387. The molecule has 2 heteroatoms. The largest absolute Gasteiger partial charge is 0.383 e. The van der Waals surface area contributed by atoms with Crippen molar-refractivity contribution in [3.63, 3.8) is 0 Å². The molecule has 19 heavy (non-hydrogen) atoms. The van der Waals surface area contributed by atoms with E-state index >= 15 is 0 Å². The Kier molecular flexibility index (Phi) is 3.40. The van der Waals surface area contributed by atoms with Gasteiger partial charge in [-0.2, -0.15) is 0 Å². The van der Waals surface area contributed by atoms with Gasteiger partial charge in [-0.3, -0.25) is 0 Å². The van der Waals surface area contributed by atoms with E-state index in [0.717, 1.165) is 25.1 Å². The van der Waals surface area contributed by atoms with E-state index in [1.165, 1.54) is 36.8 Å². The summed E-state index contributed by atoms with van der Waals surface area (Å²) in [7, 11) is 1.76. The van der Waals surface area contributed by atoms with Crippen LogP contribution in [0.2, 0.25) is 0 Å². The lowest BCUT2D eigenvalue weighted by molar-refractivity contribution is 0.112. The summed E-state index contributed by atoms with van der Waals surface area (Å²) in [5.74, 6) is 0. The van der Waals surface area contributed by atoms with E-state index in [-0.39, 0.29) is 0 Å². The number of methoxy groups -OCH3 is 1. The number of ether oxygens (including phenoxy) is 1. The predicted molar refractivity (Wildman–Crippen MR) is 78.5 cm³/mol. The molecule has 2 fully saturated rings. The lowest BCUT2D eigenvalue weighted by atomic mass is 9.56. The first kappa shape index (κ1) is 13.1. The second kappa shape index (κ2) is 4.92. The summed E-state index contributed by atoms with van der Waals surface area (Å²) in [6.07, 6.45) is 5.67. The van der Waals surface area contributed by atoms with E-state index in [4.69, 9.17) is 4.74 Å². The SMILES string of the molecule is COCCNCC1(c2ccc(C)cc2)CC2(CC2)C1. The van der Waals surface area contributed by atoms with Crippen LogP contribution in [0.25, 0.3) is 0 Å². The number of hydrogen-bond acceptors (Lipinski definition) is 2. The molecule has 1 N–H and O–H groups in total. The summed E-state index contributed by atoms with van der Waals surface area (Å²) in [4.78, 5) is 0. The Morgan fingerprint density at radius 1 is 1.16 bits per heavy atom. The molecule has 0 unspecified atom stereocenters. The van der Waals surface area contributed by atoms with Crippen LogP contribution in [0.3, 0.4) is 0 Å². The van der Waals surface area contributed by atoms with Crippen molar-refractivity contribution in [2.75, 3.05) is 26.8 Å². The first-order valence-corrected chi connectivity index (χ1v) is 7.45. The smallest absolute Gasteiger partial charge is 0.0587 e. The molecule has 2 nitrogen and oxygen atoms in total. The first-order chi connectivity index (χ1) is 9.18. The second-order valence-corrected chi connectivity index (χ2v) is 6.67. The summed E-state index contributed by atoms with van der Waals surface area (Å²) in [6, 6.07) is 9.18. The fraction of sp³-hybridized carbons (Fsp3) is 0.647. The van der Waals surface area contributed by atoms with E-state index in [9.17, 15) is 0 Å². The molecule has 0 atom stereocenters. The molecule has 0 bridgehead atoms. The van der Waals surface area contributed by atoms with Gasteiger partial charge in [-0.1, -0.05) is 29.8 Å². The molecule has 0 heterocycles. The zero-order chi connectivity index (χ0) is 13.3. The van der Waals surface area contributed by atoms with Crippen LogP contribution in [0, 0.1) is 12.3 Å². The summed E-state index contributed by atoms with van der Waals surface area (Å²) >= 11 is 0. The maximum Gasteiger partial charge on any atom is 0.0587 e. The zero-order valence-electron chi connectivity index (χ0n) is 12.2. The quantitative estimate of drug-likeness (QED) is 0.793. The maximum atomic E-state index is 5.12. The molecule has 104 valence electrons. The Morgan fingerprint density at radius 2 is 1.84 bits per heavy atom. The van der Waals surface area contributed by atoms with Gasteiger partial charge in [0, 0.05) is 25.6 Å². The van der Waals surface area contributed by atoms with E-state index < -0.39 is 0 Å². The minimum atomic E-state index is 0.387. The van der Waals surface area contributed by atoms with E-state index in [1.54, 1.807) is 7.11 Å². The zero-order valence-corrected chi connectivity index (χ0v) is 12.2. The standard InChI is InChI=1S/C17H25NO/c1-14-3-5-15(6-4-14)17(13-18-9-10-19-2)11-16(12-17)7-8-16/h3-6,18H,7-13H2,1-2H3. The van der Waals surface area contributed by atoms with Gasteiger partial charge >= 0.3 is 0 Å². The number of hydrogen-bond donors (Lipinski definition) is 1. The average molecular weight is 259 g/mol. The number of rotatable bonds is 6. The van der Waals surface area contributed by atoms with Crippen molar-refractivity contribution in [2.24, 2.45) is 5.41 Å². The Hall–Kier alpha value is -0.860.